The van der Waals surface area contributed by atoms with Gasteiger partial charge < -0.3 is 4.18 Å². The highest BCUT2D eigenvalue weighted by molar-refractivity contribution is 8.61. The van der Waals surface area contributed by atoms with E-state index < -0.39 is 9.15 Å². The standard InChI is InChI=1S/C6H5ClO3S2/c7-5-1-3-6(4-2-5)10-12(8,9)11/h1-4H,(H,8,9,11). The van der Waals surface area contributed by atoms with Crippen molar-refractivity contribution in [3.63, 3.8) is 0 Å². The second-order valence-electron chi connectivity index (χ2n) is 1.96. The van der Waals surface area contributed by atoms with Crippen LogP contribution in [-0.2, 0) is 9.15 Å². The van der Waals surface area contributed by atoms with E-state index in [-0.39, 0.29) is 5.75 Å². The van der Waals surface area contributed by atoms with Crippen molar-refractivity contribution in [2.75, 3.05) is 0 Å². The summed E-state index contributed by atoms with van der Waals surface area (Å²) < 4.78 is 25.4. The summed E-state index contributed by atoms with van der Waals surface area (Å²) in [7, 11) is -3.74. The lowest BCUT2D eigenvalue weighted by molar-refractivity contribution is 0.505. The summed E-state index contributed by atoms with van der Waals surface area (Å²) in [6.07, 6.45) is 0. The molecule has 0 bridgehead atoms. The topological polar surface area (TPSA) is 43.4 Å². The molecule has 0 unspecified atom stereocenters. The third-order valence-corrected chi connectivity index (χ3v) is 1.89. The Balaban J connectivity index is 2.85. The van der Waals surface area contributed by atoms with E-state index >= 15 is 0 Å². The highest BCUT2D eigenvalue weighted by Gasteiger charge is 2.03. The normalized spacial score (nSPS) is 11.2. The van der Waals surface area contributed by atoms with E-state index in [2.05, 4.69) is 15.8 Å². The van der Waals surface area contributed by atoms with Crippen LogP contribution in [0.1, 0.15) is 0 Å². The van der Waals surface area contributed by atoms with Crippen LogP contribution in [0.3, 0.4) is 0 Å². The molecular formula is C6H5ClO3S2. The Hall–Kier alpha value is -0.390. The van der Waals surface area contributed by atoms with Gasteiger partial charge in [0.05, 0.1) is 0 Å². The first-order chi connectivity index (χ1) is 5.47. The molecule has 0 aliphatic rings. The van der Waals surface area contributed by atoms with E-state index in [0.29, 0.717) is 5.02 Å². The number of halogens is 1. The van der Waals surface area contributed by atoms with Crippen LogP contribution in [0.15, 0.2) is 24.3 Å². The van der Waals surface area contributed by atoms with Crippen LogP contribution < -0.4 is 4.18 Å². The van der Waals surface area contributed by atoms with Crippen molar-refractivity contribution < 1.29 is 12.6 Å². The minimum Gasteiger partial charge on any atom is -0.375 e. The maximum atomic E-state index is 10.5. The minimum absolute atomic E-state index is 0.189. The average molecular weight is 225 g/mol. The van der Waals surface area contributed by atoms with Crippen LogP contribution in [0.5, 0.6) is 5.75 Å². The average Bonchev–Trinajstić information content (AvgIpc) is 1.91. The van der Waals surface area contributed by atoms with Crippen molar-refractivity contribution in [2.24, 2.45) is 0 Å². The van der Waals surface area contributed by atoms with Crippen LogP contribution in [0, 0.1) is 0 Å². The Bertz CT molecular complexity index is 357. The summed E-state index contributed by atoms with van der Waals surface area (Å²) >= 11 is 8.77. The first-order valence-electron chi connectivity index (χ1n) is 2.90. The van der Waals surface area contributed by atoms with Crippen LogP contribution in [0.2, 0.25) is 5.02 Å². The second-order valence-corrected chi connectivity index (χ2v) is 4.77. The van der Waals surface area contributed by atoms with Gasteiger partial charge in [0.15, 0.2) is 0 Å². The van der Waals surface area contributed by atoms with Gasteiger partial charge in [-0.25, -0.2) is 0 Å². The summed E-state index contributed by atoms with van der Waals surface area (Å²) in [6.45, 7) is 0. The maximum absolute atomic E-state index is 10.5. The number of rotatable bonds is 2. The molecule has 0 aromatic heterocycles. The number of thiol groups is 1. The third-order valence-electron chi connectivity index (χ3n) is 1.02. The van der Waals surface area contributed by atoms with Crippen molar-refractivity contribution in [3.05, 3.63) is 29.3 Å². The molecule has 0 fully saturated rings. The minimum atomic E-state index is -3.74. The molecule has 0 saturated carbocycles. The Morgan fingerprint density at radius 3 is 2.17 bits per heavy atom. The van der Waals surface area contributed by atoms with Gasteiger partial charge in [-0.2, -0.15) is 8.42 Å². The molecule has 0 spiro atoms. The molecule has 12 heavy (non-hydrogen) atoms. The van der Waals surface area contributed by atoms with Gasteiger partial charge in [0.25, 0.3) is 0 Å². The van der Waals surface area contributed by atoms with Gasteiger partial charge in [0.1, 0.15) is 5.75 Å². The van der Waals surface area contributed by atoms with Crippen LogP contribution in [0.4, 0.5) is 0 Å². The molecule has 1 aromatic carbocycles. The van der Waals surface area contributed by atoms with Gasteiger partial charge in [-0.1, -0.05) is 11.6 Å². The fourth-order valence-corrected chi connectivity index (χ4v) is 1.35. The van der Waals surface area contributed by atoms with E-state index in [1.54, 1.807) is 0 Å². The van der Waals surface area contributed by atoms with Crippen molar-refractivity contribution in [3.8, 4) is 5.75 Å². The Morgan fingerprint density at radius 1 is 1.25 bits per heavy atom. The largest absolute Gasteiger partial charge is 0.375 e. The van der Waals surface area contributed by atoms with E-state index in [0.717, 1.165) is 0 Å². The van der Waals surface area contributed by atoms with Crippen molar-refractivity contribution >= 4 is 32.4 Å². The molecule has 0 atom stereocenters. The number of hydrogen-bond acceptors (Lipinski definition) is 3. The fourth-order valence-electron chi connectivity index (χ4n) is 0.612. The van der Waals surface area contributed by atoms with Gasteiger partial charge in [-0.15, -0.1) is 0 Å². The van der Waals surface area contributed by atoms with Crippen LogP contribution in [-0.4, -0.2) is 8.42 Å². The molecule has 0 N–H and O–H groups in total. The molecular weight excluding hydrogens is 220 g/mol. The highest BCUT2D eigenvalue weighted by Crippen LogP contribution is 2.17. The molecule has 0 heterocycles. The Morgan fingerprint density at radius 2 is 1.75 bits per heavy atom. The van der Waals surface area contributed by atoms with Gasteiger partial charge >= 0.3 is 9.15 Å². The summed E-state index contributed by atoms with van der Waals surface area (Å²) in [5, 5.41) is 0.513. The monoisotopic (exact) mass is 224 g/mol. The van der Waals surface area contributed by atoms with Crippen molar-refractivity contribution in [1.29, 1.82) is 0 Å². The summed E-state index contributed by atoms with van der Waals surface area (Å²) in [4.78, 5) is 0. The molecule has 0 aliphatic carbocycles. The zero-order valence-electron chi connectivity index (χ0n) is 5.77. The quantitative estimate of drug-likeness (QED) is 0.616. The van der Waals surface area contributed by atoms with Crippen molar-refractivity contribution in [1.82, 2.24) is 0 Å². The maximum Gasteiger partial charge on any atom is 0.363 e. The van der Waals surface area contributed by atoms with E-state index in [1.807, 2.05) is 0 Å². The number of benzene rings is 1. The molecule has 0 saturated heterocycles. The Labute approximate surface area is 80.2 Å². The van der Waals surface area contributed by atoms with E-state index in [4.69, 9.17) is 11.6 Å². The molecule has 1 aromatic rings. The predicted octanol–water partition coefficient (Wildman–Crippen LogP) is 1.89. The first kappa shape index (κ1) is 9.70. The summed E-state index contributed by atoms with van der Waals surface area (Å²) in [5.41, 5.74) is 0. The first-order valence-corrected chi connectivity index (χ1v) is 5.74. The zero-order chi connectivity index (χ0) is 9.19. The van der Waals surface area contributed by atoms with Crippen LogP contribution in [0.25, 0.3) is 0 Å². The molecule has 0 radical (unpaired) electrons. The number of hydrogen-bond donors (Lipinski definition) is 1. The Kier molecular flexibility index (Phi) is 2.87. The second kappa shape index (κ2) is 3.55. The molecule has 0 aliphatic heterocycles. The fraction of sp³-hybridized carbons (Fsp3) is 0. The van der Waals surface area contributed by atoms with Crippen molar-refractivity contribution in [2.45, 2.75) is 0 Å². The lowest BCUT2D eigenvalue weighted by Gasteiger charge is -2.00. The van der Waals surface area contributed by atoms with Gasteiger partial charge in [-0.3, -0.25) is 0 Å². The van der Waals surface area contributed by atoms with Gasteiger partial charge in [0.2, 0.25) is 0 Å². The summed E-state index contributed by atoms with van der Waals surface area (Å²) in [6, 6.07) is 5.93. The highest BCUT2D eigenvalue weighted by atomic mass is 35.5. The molecule has 6 heteroatoms. The lowest BCUT2D eigenvalue weighted by Crippen LogP contribution is -1.99. The van der Waals surface area contributed by atoms with Gasteiger partial charge in [0, 0.05) is 5.02 Å². The van der Waals surface area contributed by atoms with E-state index in [1.165, 1.54) is 24.3 Å². The molecule has 1 rings (SSSR count). The molecule has 3 nitrogen and oxygen atoms in total. The summed E-state index contributed by atoms with van der Waals surface area (Å²) in [5.74, 6) is 0.189. The zero-order valence-corrected chi connectivity index (χ0v) is 8.23. The third kappa shape index (κ3) is 3.34. The van der Waals surface area contributed by atoms with Gasteiger partial charge in [-0.05, 0) is 35.9 Å². The molecule has 66 valence electrons. The van der Waals surface area contributed by atoms with Crippen LogP contribution >= 0.6 is 23.3 Å². The lowest BCUT2D eigenvalue weighted by atomic mass is 10.3. The predicted molar refractivity (Wildman–Crippen MR) is 50.0 cm³/mol. The van der Waals surface area contributed by atoms with E-state index in [9.17, 15) is 8.42 Å². The smallest absolute Gasteiger partial charge is 0.363 e. The molecule has 0 amide bonds. The SMILES string of the molecule is O=S(=O)(S)Oc1ccc(Cl)cc1.